The van der Waals surface area contributed by atoms with Gasteiger partial charge in [0.15, 0.2) is 0 Å². The average molecular weight is 256 g/mol. The molecule has 1 amide bonds. The van der Waals surface area contributed by atoms with E-state index in [9.17, 15) is 9.18 Å². The number of nitrogens with one attached hydrogen (secondary N) is 2. The minimum absolute atomic E-state index is 0.0666. The maximum atomic E-state index is 12.8. The number of anilines is 2. The Bertz CT molecular complexity index is 610. The number of rotatable bonds is 2. The molecule has 2 aromatic carbocycles. The van der Waals surface area contributed by atoms with Gasteiger partial charge in [0.2, 0.25) is 5.91 Å². The van der Waals surface area contributed by atoms with Crippen molar-refractivity contribution in [2.45, 2.75) is 12.5 Å². The zero-order valence-corrected chi connectivity index (χ0v) is 10.2. The number of hydrogen-bond acceptors (Lipinski definition) is 2. The molecule has 0 saturated carbocycles. The molecular weight excluding hydrogens is 243 g/mol. The van der Waals surface area contributed by atoms with Crippen LogP contribution in [-0.2, 0) is 11.2 Å². The van der Waals surface area contributed by atoms with Crippen LogP contribution in [0.5, 0.6) is 0 Å². The Balaban J connectivity index is 1.79. The molecule has 1 heterocycles. The molecule has 3 nitrogen and oxygen atoms in total. The van der Waals surface area contributed by atoms with Crippen LogP contribution in [0.4, 0.5) is 15.8 Å². The molecule has 1 aliphatic rings. The van der Waals surface area contributed by atoms with Crippen LogP contribution < -0.4 is 10.6 Å². The first-order chi connectivity index (χ1) is 9.22. The number of amides is 1. The van der Waals surface area contributed by atoms with Crippen molar-refractivity contribution < 1.29 is 9.18 Å². The predicted molar refractivity (Wildman–Crippen MR) is 72.6 cm³/mol. The second-order valence-electron chi connectivity index (χ2n) is 4.56. The number of fused-ring (bicyclic) bond motifs is 1. The summed E-state index contributed by atoms with van der Waals surface area (Å²) >= 11 is 0. The summed E-state index contributed by atoms with van der Waals surface area (Å²) < 4.78 is 12.8. The highest BCUT2D eigenvalue weighted by Gasteiger charge is 2.24. The summed E-state index contributed by atoms with van der Waals surface area (Å²) in [6.07, 6.45) is 0.528. The van der Waals surface area contributed by atoms with Crippen LogP contribution in [0.3, 0.4) is 0 Å². The SMILES string of the molecule is O=C1Nc2ccccc2N[C@H]1Cc1ccc(F)cc1. The average Bonchev–Trinajstić information content (AvgIpc) is 2.42. The third-order valence-corrected chi connectivity index (χ3v) is 3.18. The summed E-state index contributed by atoms with van der Waals surface area (Å²) in [4.78, 5) is 12.0. The van der Waals surface area contributed by atoms with Crippen LogP contribution in [0.25, 0.3) is 0 Å². The van der Waals surface area contributed by atoms with E-state index in [1.54, 1.807) is 12.1 Å². The van der Waals surface area contributed by atoms with E-state index in [-0.39, 0.29) is 17.8 Å². The molecular formula is C15H13FN2O. The monoisotopic (exact) mass is 256 g/mol. The topological polar surface area (TPSA) is 41.1 Å². The molecule has 96 valence electrons. The Labute approximate surface area is 110 Å². The normalized spacial score (nSPS) is 17.3. The summed E-state index contributed by atoms with van der Waals surface area (Å²) in [6.45, 7) is 0. The van der Waals surface area contributed by atoms with Crippen molar-refractivity contribution in [3.05, 3.63) is 59.9 Å². The summed E-state index contributed by atoms with van der Waals surface area (Å²) in [7, 11) is 0. The highest BCUT2D eigenvalue weighted by atomic mass is 19.1. The first-order valence-electron chi connectivity index (χ1n) is 6.13. The first kappa shape index (κ1) is 11.7. The number of carbonyl (C=O) groups is 1. The van der Waals surface area contributed by atoms with E-state index in [0.29, 0.717) is 6.42 Å². The predicted octanol–water partition coefficient (Wildman–Crippen LogP) is 2.80. The molecule has 0 fully saturated rings. The lowest BCUT2D eigenvalue weighted by Gasteiger charge is -2.26. The van der Waals surface area contributed by atoms with Crippen LogP contribution >= 0.6 is 0 Å². The fourth-order valence-corrected chi connectivity index (χ4v) is 2.19. The fraction of sp³-hybridized carbons (Fsp3) is 0.133. The molecule has 0 aromatic heterocycles. The second kappa shape index (κ2) is 4.72. The van der Waals surface area contributed by atoms with Crippen molar-refractivity contribution in [2.75, 3.05) is 10.6 Å². The summed E-state index contributed by atoms with van der Waals surface area (Å²) in [5.41, 5.74) is 2.63. The smallest absolute Gasteiger partial charge is 0.247 e. The minimum Gasteiger partial charge on any atom is -0.372 e. The van der Waals surface area contributed by atoms with Gasteiger partial charge < -0.3 is 10.6 Å². The largest absolute Gasteiger partial charge is 0.372 e. The Hall–Kier alpha value is -2.36. The second-order valence-corrected chi connectivity index (χ2v) is 4.56. The van der Waals surface area contributed by atoms with Gasteiger partial charge in [-0.05, 0) is 29.8 Å². The molecule has 1 atom stereocenters. The number of carbonyl (C=O) groups excluding carboxylic acids is 1. The van der Waals surface area contributed by atoms with E-state index in [1.165, 1.54) is 12.1 Å². The molecule has 0 radical (unpaired) electrons. The first-order valence-corrected chi connectivity index (χ1v) is 6.13. The fourth-order valence-electron chi connectivity index (χ4n) is 2.19. The zero-order valence-electron chi connectivity index (χ0n) is 10.2. The lowest BCUT2D eigenvalue weighted by Crippen LogP contribution is -2.40. The van der Waals surface area contributed by atoms with Gasteiger partial charge in [-0.25, -0.2) is 4.39 Å². The molecule has 0 aliphatic carbocycles. The van der Waals surface area contributed by atoms with Crippen LogP contribution in [0.2, 0.25) is 0 Å². The van der Waals surface area contributed by atoms with Gasteiger partial charge in [0, 0.05) is 6.42 Å². The van der Waals surface area contributed by atoms with Gasteiger partial charge >= 0.3 is 0 Å². The third-order valence-electron chi connectivity index (χ3n) is 3.18. The molecule has 0 saturated heterocycles. The maximum Gasteiger partial charge on any atom is 0.247 e. The van der Waals surface area contributed by atoms with Gasteiger partial charge in [-0.15, -0.1) is 0 Å². The van der Waals surface area contributed by atoms with E-state index < -0.39 is 0 Å². The summed E-state index contributed by atoms with van der Waals surface area (Å²) in [5.74, 6) is -0.335. The van der Waals surface area contributed by atoms with Gasteiger partial charge in [-0.1, -0.05) is 24.3 Å². The molecule has 3 rings (SSSR count). The van der Waals surface area contributed by atoms with Gasteiger partial charge in [-0.2, -0.15) is 0 Å². The van der Waals surface area contributed by atoms with Gasteiger partial charge in [0.05, 0.1) is 11.4 Å². The summed E-state index contributed by atoms with van der Waals surface area (Å²) in [6, 6.07) is 13.4. The van der Waals surface area contributed by atoms with Crippen molar-refractivity contribution in [3.63, 3.8) is 0 Å². The van der Waals surface area contributed by atoms with Crippen LogP contribution in [0, 0.1) is 5.82 Å². The Morgan fingerprint density at radius 3 is 2.42 bits per heavy atom. The highest BCUT2D eigenvalue weighted by molar-refractivity contribution is 6.03. The van der Waals surface area contributed by atoms with Crippen molar-refractivity contribution in [1.29, 1.82) is 0 Å². The molecule has 0 spiro atoms. The van der Waals surface area contributed by atoms with Crippen molar-refractivity contribution in [2.24, 2.45) is 0 Å². The summed E-state index contributed by atoms with van der Waals surface area (Å²) in [5, 5.41) is 6.07. The zero-order chi connectivity index (χ0) is 13.2. The number of hydrogen-bond donors (Lipinski definition) is 2. The van der Waals surface area contributed by atoms with E-state index in [2.05, 4.69) is 10.6 Å². The van der Waals surface area contributed by atoms with Gasteiger partial charge in [0.25, 0.3) is 0 Å². The lowest BCUT2D eigenvalue weighted by atomic mass is 10.0. The molecule has 0 bridgehead atoms. The van der Waals surface area contributed by atoms with Crippen molar-refractivity contribution in [3.8, 4) is 0 Å². The Kier molecular flexibility index (Phi) is 2.91. The van der Waals surface area contributed by atoms with E-state index in [1.807, 2.05) is 24.3 Å². The number of benzene rings is 2. The molecule has 2 N–H and O–H groups in total. The molecule has 19 heavy (non-hydrogen) atoms. The van der Waals surface area contributed by atoms with Gasteiger partial charge in [0.1, 0.15) is 11.9 Å². The Morgan fingerprint density at radius 1 is 1.00 bits per heavy atom. The van der Waals surface area contributed by atoms with E-state index in [0.717, 1.165) is 16.9 Å². The number of halogens is 1. The molecule has 0 unspecified atom stereocenters. The standard InChI is InChI=1S/C15H13FN2O/c16-11-7-5-10(6-8-11)9-14-15(19)18-13-4-2-1-3-12(13)17-14/h1-8,14,17H,9H2,(H,18,19)/t14-/m0/s1. The van der Waals surface area contributed by atoms with Crippen molar-refractivity contribution in [1.82, 2.24) is 0 Å². The maximum absolute atomic E-state index is 12.8. The highest BCUT2D eigenvalue weighted by Crippen LogP contribution is 2.26. The molecule has 2 aromatic rings. The van der Waals surface area contributed by atoms with Crippen molar-refractivity contribution >= 4 is 17.3 Å². The quantitative estimate of drug-likeness (QED) is 0.867. The van der Waals surface area contributed by atoms with E-state index >= 15 is 0 Å². The van der Waals surface area contributed by atoms with Crippen LogP contribution in [-0.4, -0.2) is 11.9 Å². The lowest BCUT2D eigenvalue weighted by molar-refractivity contribution is -0.117. The third kappa shape index (κ3) is 2.42. The Morgan fingerprint density at radius 2 is 1.68 bits per heavy atom. The minimum atomic E-state index is -0.333. The van der Waals surface area contributed by atoms with Gasteiger partial charge in [-0.3, -0.25) is 4.79 Å². The van der Waals surface area contributed by atoms with Crippen LogP contribution in [0.15, 0.2) is 48.5 Å². The van der Waals surface area contributed by atoms with E-state index in [4.69, 9.17) is 0 Å². The number of para-hydroxylation sites is 2. The van der Waals surface area contributed by atoms with Crippen LogP contribution in [0.1, 0.15) is 5.56 Å². The molecule has 1 aliphatic heterocycles. The molecule has 4 heteroatoms.